The minimum absolute atomic E-state index is 0.194. The van der Waals surface area contributed by atoms with Crippen LogP contribution in [0.5, 0.6) is 0 Å². The van der Waals surface area contributed by atoms with Crippen molar-refractivity contribution < 1.29 is 27.9 Å². The fourth-order valence-corrected chi connectivity index (χ4v) is 4.26. The molecule has 1 aliphatic rings. The molecule has 0 bridgehead atoms. The monoisotopic (exact) mass is 429 g/mol. The average Bonchev–Trinajstić information content (AvgIpc) is 3.10. The number of ether oxygens (including phenoxy) is 2. The molecule has 2 aromatic carbocycles. The van der Waals surface area contributed by atoms with Crippen LogP contribution in [0.4, 0.5) is 14.9 Å². The maximum absolute atomic E-state index is 13.8. The maximum Gasteiger partial charge on any atom is 0.411 e. The predicted octanol–water partition coefficient (Wildman–Crippen LogP) is 4.60. The van der Waals surface area contributed by atoms with E-state index in [4.69, 9.17) is 9.47 Å². The maximum atomic E-state index is 13.8. The minimum Gasteiger partial charge on any atom is -0.462 e. The van der Waals surface area contributed by atoms with Gasteiger partial charge >= 0.3 is 12.1 Å². The summed E-state index contributed by atoms with van der Waals surface area (Å²) in [6.07, 6.45) is 2.10. The normalized spacial score (nSPS) is 20.3. The lowest BCUT2D eigenvalue weighted by Crippen LogP contribution is -2.51. The lowest BCUT2D eigenvalue weighted by molar-refractivity contribution is -0.914. The number of benzene rings is 2. The van der Waals surface area contributed by atoms with E-state index < -0.39 is 6.09 Å². The number of likely N-dealkylation sites (tertiary alicyclic amines) is 1. The molecule has 1 amide bonds. The molecule has 1 saturated heterocycles. The van der Waals surface area contributed by atoms with Crippen LogP contribution in [-0.2, 0) is 14.3 Å². The Bertz CT molecular complexity index is 906. The van der Waals surface area contributed by atoms with Gasteiger partial charge in [0.25, 0.3) is 0 Å². The van der Waals surface area contributed by atoms with Gasteiger partial charge in [-0.25, -0.2) is 14.0 Å². The van der Waals surface area contributed by atoms with Crippen LogP contribution in [0, 0.1) is 5.82 Å². The number of esters is 1. The Labute approximate surface area is 182 Å². The highest BCUT2D eigenvalue weighted by atomic mass is 19.1. The second-order valence-electron chi connectivity index (χ2n) is 8.07. The molecule has 31 heavy (non-hydrogen) atoms. The van der Waals surface area contributed by atoms with Gasteiger partial charge < -0.3 is 14.0 Å². The first-order chi connectivity index (χ1) is 14.9. The van der Waals surface area contributed by atoms with Gasteiger partial charge in [-0.15, -0.1) is 0 Å². The van der Waals surface area contributed by atoms with Gasteiger partial charge in [-0.2, -0.15) is 0 Å². The Morgan fingerprint density at radius 3 is 2.68 bits per heavy atom. The Morgan fingerprint density at radius 2 is 1.94 bits per heavy atom. The Morgan fingerprint density at radius 1 is 1.16 bits per heavy atom. The second-order valence-corrected chi connectivity index (χ2v) is 8.07. The van der Waals surface area contributed by atoms with E-state index in [1.165, 1.54) is 18.2 Å². The smallest absolute Gasteiger partial charge is 0.411 e. The van der Waals surface area contributed by atoms with Crippen molar-refractivity contribution in [1.82, 2.24) is 0 Å². The number of anilines is 1. The first kappa shape index (κ1) is 22.7. The third kappa shape index (κ3) is 6.04. The quantitative estimate of drug-likeness (QED) is 0.492. The number of amides is 1. The Balaban J connectivity index is 1.56. The van der Waals surface area contributed by atoms with E-state index in [0.29, 0.717) is 35.3 Å². The van der Waals surface area contributed by atoms with Gasteiger partial charge in [0, 0.05) is 24.8 Å². The summed E-state index contributed by atoms with van der Waals surface area (Å²) in [7, 11) is 2.05. The van der Waals surface area contributed by atoms with Crippen molar-refractivity contribution >= 4 is 17.7 Å². The molecule has 1 heterocycles. The van der Waals surface area contributed by atoms with Crippen molar-refractivity contribution in [3.63, 3.8) is 0 Å². The average molecular weight is 430 g/mol. The number of nitrogens with zero attached hydrogens (tertiary/aromatic N) is 1. The van der Waals surface area contributed by atoms with Crippen LogP contribution < -0.4 is 5.32 Å². The molecule has 7 heteroatoms. The van der Waals surface area contributed by atoms with Gasteiger partial charge in [-0.3, -0.25) is 5.32 Å². The molecule has 3 rings (SSSR count). The molecule has 166 valence electrons. The summed E-state index contributed by atoms with van der Waals surface area (Å²) in [5.41, 5.74) is 1.88. The lowest BCUT2D eigenvalue weighted by atomic mass is 10.0. The van der Waals surface area contributed by atoms with Gasteiger partial charge in [-0.05, 0) is 30.7 Å². The summed E-state index contributed by atoms with van der Waals surface area (Å²) in [6, 6.07) is 13.8. The van der Waals surface area contributed by atoms with Crippen LogP contribution in [0.1, 0.15) is 26.2 Å². The van der Waals surface area contributed by atoms with E-state index in [-0.39, 0.29) is 24.4 Å². The van der Waals surface area contributed by atoms with Gasteiger partial charge in [0.1, 0.15) is 5.82 Å². The van der Waals surface area contributed by atoms with Crippen molar-refractivity contribution in [3.8, 4) is 11.1 Å². The summed E-state index contributed by atoms with van der Waals surface area (Å²) < 4.78 is 24.9. The topological polar surface area (TPSA) is 64.6 Å². The van der Waals surface area contributed by atoms with Crippen molar-refractivity contribution in [2.75, 3.05) is 38.7 Å². The zero-order valence-corrected chi connectivity index (χ0v) is 18.1. The largest absolute Gasteiger partial charge is 0.462 e. The number of rotatable bonds is 8. The molecule has 0 saturated carbocycles. The van der Waals surface area contributed by atoms with Crippen LogP contribution in [0.25, 0.3) is 11.1 Å². The van der Waals surface area contributed by atoms with Crippen LogP contribution in [-0.4, -0.2) is 55.9 Å². The van der Waals surface area contributed by atoms with Crippen molar-refractivity contribution in [1.29, 1.82) is 0 Å². The highest BCUT2D eigenvalue weighted by Gasteiger charge is 2.39. The van der Waals surface area contributed by atoms with E-state index in [9.17, 15) is 14.0 Å². The molecule has 0 radical (unpaired) electrons. The van der Waals surface area contributed by atoms with Crippen LogP contribution in [0.3, 0.4) is 0 Å². The SMILES string of the molecule is CCOC(=O)C[N+]1(C)CCCC1CCOC(=O)Nc1ccc(F)cc1-c1ccccc1. The fraction of sp³-hybridized carbons (Fsp3) is 0.417. The zero-order chi connectivity index (χ0) is 22.3. The first-order valence-electron chi connectivity index (χ1n) is 10.7. The summed E-state index contributed by atoms with van der Waals surface area (Å²) in [5.74, 6) is -0.571. The molecule has 1 N–H and O–H groups in total. The Kier molecular flexibility index (Phi) is 7.63. The summed E-state index contributed by atoms with van der Waals surface area (Å²) in [6.45, 7) is 3.67. The molecule has 2 atom stereocenters. The standard InChI is InChI=1S/C24H29FN2O4/c1-3-30-23(28)17-27(2)14-7-10-20(27)13-15-31-24(29)26-22-12-11-19(25)16-21(22)18-8-5-4-6-9-18/h4-6,8-9,11-12,16,20H,3,7,10,13-15,17H2,1-2H3/p+1. The summed E-state index contributed by atoms with van der Waals surface area (Å²) in [4.78, 5) is 24.3. The van der Waals surface area contributed by atoms with Gasteiger partial charge in [0.15, 0.2) is 6.54 Å². The van der Waals surface area contributed by atoms with Crippen LogP contribution in [0.15, 0.2) is 48.5 Å². The highest BCUT2D eigenvalue weighted by Crippen LogP contribution is 2.29. The van der Waals surface area contributed by atoms with E-state index in [1.807, 2.05) is 30.3 Å². The Hall–Kier alpha value is -2.93. The third-order valence-corrected chi connectivity index (χ3v) is 5.87. The molecule has 0 spiro atoms. The van der Waals surface area contributed by atoms with Crippen molar-refractivity contribution in [2.24, 2.45) is 0 Å². The number of halogens is 1. The lowest BCUT2D eigenvalue weighted by Gasteiger charge is -2.35. The van der Waals surface area contributed by atoms with Crippen LogP contribution in [0.2, 0.25) is 0 Å². The zero-order valence-electron chi connectivity index (χ0n) is 18.1. The molecule has 1 fully saturated rings. The number of hydrogen-bond donors (Lipinski definition) is 1. The van der Waals surface area contributed by atoms with Gasteiger partial charge in [0.2, 0.25) is 0 Å². The number of carbonyl (C=O) groups is 2. The number of carbonyl (C=O) groups excluding carboxylic acids is 2. The predicted molar refractivity (Wildman–Crippen MR) is 117 cm³/mol. The van der Waals surface area contributed by atoms with Gasteiger partial charge in [0.05, 0.1) is 38.5 Å². The van der Waals surface area contributed by atoms with E-state index in [2.05, 4.69) is 12.4 Å². The van der Waals surface area contributed by atoms with Gasteiger partial charge in [-0.1, -0.05) is 30.3 Å². The molecular formula is C24H30FN2O4+. The number of hydrogen-bond acceptors (Lipinski definition) is 4. The molecule has 0 aromatic heterocycles. The van der Waals surface area contributed by atoms with Crippen LogP contribution >= 0.6 is 0 Å². The second kappa shape index (κ2) is 10.4. The van der Waals surface area contributed by atoms with Crippen molar-refractivity contribution in [2.45, 2.75) is 32.2 Å². The summed E-state index contributed by atoms with van der Waals surface area (Å²) >= 11 is 0. The van der Waals surface area contributed by atoms with Crippen molar-refractivity contribution in [3.05, 3.63) is 54.3 Å². The molecular weight excluding hydrogens is 399 g/mol. The number of quaternary nitrogens is 1. The molecule has 0 aliphatic carbocycles. The van der Waals surface area contributed by atoms with E-state index in [0.717, 1.165) is 24.9 Å². The van der Waals surface area contributed by atoms with E-state index in [1.54, 1.807) is 6.92 Å². The minimum atomic E-state index is -0.582. The van der Waals surface area contributed by atoms with E-state index >= 15 is 0 Å². The molecule has 1 aliphatic heterocycles. The molecule has 6 nitrogen and oxygen atoms in total. The molecule has 2 unspecified atom stereocenters. The number of nitrogens with one attached hydrogen (secondary N) is 1. The fourth-order valence-electron chi connectivity index (χ4n) is 4.26. The first-order valence-corrected chi connectivity index (χ1v) is 10.7. The number of likely N-dealkylation sites (N-methyl/N-ethyl adjacent to an activating group) is 1. The third-order valence-electron chi connectivity index (χ3n) is 5.87. The highest BCUT2D eigenvalue weighted by molar-refractivity contribution is 5.91. The summed E-state index contributed by atoms with van der Waals surface area (Å²) in [5, 5.41) is 2.72. The molecule has 2 aromatic rings.